The van der Waals surface area contributed by atoms with Crippen molar-refractivity contribution in [3.63, 3.8) is 0 Å². The Morgan fingerprint density at radius 1 is 1.25 bits per heavy atom. The van der Waals surface area contributed by atoms with Gasteiger partial charge in [-0.05, 0) is 6.42 Å². The van der Waals surface area contributed by atoms with Crippen molar-refractivity contribution in [2.24, 2.45) is 0 Å². The third kappa shape index (κ3) is 6.18. The number of hydrogen-bond acceptors (Lipinski definition) is 4. The molecule has 0 saturated heterocycles. The molecule has 20 heavy (non-hydrogen) atoms. The van der Waals surface area contributed by atoms with Crippen molar-refractivity contribution in [3.8, 4) is 0 Å². The topological polar surface area (TPSA) is 41.1 Å². The van der Waals surface area contributed by atoms with Crippen LogP contribution in [0.15, 0.2) is 12.4 Å². The minimum atomic E-state index is -4.25. The molecule has 0 aliphatic heterocycles. The molecule has 0 atom stereocenters. The van der Waals surface area contributed by atoms with Crippen LogP contribution in [-0.4, -0.2) is 35.3 Å². The van der Waals surface area contributed by atoms with Crippen LogP contribution in [0, 0.1) is 0 Å². The van der Waals surface area contributed by atoms with Gasteiger partial charge in [0.1, 0.15) is 6.54 Å². The van der Waals surface area contributed by atoms with Gasteiger partial charge in [-0.15, -0.1) is 0 Å². The second kappa shape index (κ2) is 7.42. The number of rotatable bonds is 7. The average Bonchev–Trinajstić information content (AvgIpc) is 2.35. The zero-order valence-electron chi connectivity index (χ0n) is 12.0. The predicted octanol–water partition coefficient (Wildman–Crippen LogP) is 2.75. The number of hydrogen-bond donors (Lipinski definition) is 1. The first-order chi connectivity index (χ1) is 9.31. The molecule has 0 aliphatic carbocycles. The molecule has 0 aliphatic rings. The summed E-state index contributed by atoms with van der Waals surface area (Å²) in [6, 6.07) is 0.330. The maximum atomic E-state index is 12.5. The van der Waals surface area contributed by atoms with Crippen LogP contribution < -0.4 is 10.2 Å². The summed E-state index contributed by atoms with van der Waals surface area (Å²) in [4.78, 5) is 9.22. The first-order valence-electron chi connectivity index (χ1n) is 6.68. The molecule has 4 nitrogen and oxygen atoms in total. The van der Waals surface area contributed by atoms with Crippen LogP contribution in [0.3, 0.4) is 0 Å². The van der Waals surface area contributed by atoms with Crippen LogP contribution in [0.2, 0.25) is 0 Å². The van der Waals surface area contributed by atoms with Gasteiger partial charge in [0.2, 0.25) is 5.95 Å². The van der Waals surface area contributed by atoms with Gasteiger partial charge in [-0.1, -0.05) is 20.8 Å². The summed E-state index contributed by atoms with van der Waals surface area (Å²) in [7, 11) is 0. The molecule has 0 saturated carbocycles. The zero-order valence-corrected chi connectivity index (χ0v) is 12.0. The summed E-state index contributed by atoms with van der Waals surface area (Å²) in [5, 5.41) is 3.20. The van der Waals surface area contributed by atoms with Crippen molar-refractivity contribution < 1.29 is 13.2 Å². The van der Waals surface area contributed by atoms with E-state index in [0.29, 0.717) is 19.0 Å². The predicted molar refractivity (Wildman–Crippen MR) is 72.6 cm³/mol. The van der Waals surface area contributed by atoms with Gasteiger partial charge in [0.05, 0.1) is 0 Å². The Morgan fingerprint density at radius 3 is 2.30 bits per heavy atom. The van der Waals surface area contributed by atoms with Crippen LogP contribution in [0.4, 0.5) is 19.1 Å². The Morgan fingerprint density at radius 2 is 1.85 bits per heavy atom. The van der Waals surface area contributed by atoms with Gasteiger partial charge in [0.15, 0.2) is 0 Å². The van der Waals surface area contributed by atoms with Crippen molar-refractivity contribution >= 4 is 5.95 Å². The first kappa shape index (κ1) is 16.7. The van der Waals surface area contributed by atoms with E-state index in [1.807, 2.05) is 20.8 Å². The molecule has 1 aromatic heterocycles. The SMILES string of the molecule is CCCN(CC(F)(F)F)c1ncc(CNC(C)C)cn1. The van der Waals surface area contributed by atoms with E-state index >= 15 is 0 Å². The number of halogens is 3. The van der Waals surface area contributed by atoms with E-state index in [1.54, 1.807) is 12.4 Å². The first-order valence-corrected chi connectivity index (χ1v) is 6.68. The highest BCUT2D eigenvalue weighted by molar-refractivity contribution is 5.30. The average molecular weight is 290 g/mol. The number of aromatic nitrogens is 2. The minimum Gasteiger partial charge on any atom is -0.332 e. The molecule has 1 rings (SSSR count). The lowest BCUT2D eigenvalue weighted by Crippen LogP contribution is -2.36. The molecule has 0 amide bonds. The molecular formula is C13H21F3N4. The Labute approximate surface area is 117 Å². The van der Waals surface area contributed by atoms with Crippen LogP contribution in [-0.2, 0) is 6.54 Å². The third-order valence-electron chi connectivity index (χ3n) is 2.55. The molecule has 1 heterocycles. The number of anilines is 1. The van der Waals surface area contributed by atoms with E-state index in [-0.39, 0.29) is 12.5 Å². The van der Waals surface area contributed by atoms with Gasteiger partial charge in [0.25, 0.3) is 0 Å². The number of alkyl halides is 3. The molecule has 0 aromatic carbocycles. The monoisotopic (exact) mass is 290 g/mol. The molecule has 1 aromatic rings. The van der Waals surface area contributed by atoms with Crippen molar-refractivity contribution in [2.45, 2.75) is 46.0 Å². The lowest BCUT2D eigenvalue weighted by molar-refractivity contribution is -0.119. The number of nitrogens with zero attached hydrogens (tertiary/aromatic N) is 3. The Balaban J connectivity index is 2.72. The Hall–Kier alpha value is -1.37. The summed E-state index contributed by atoms with van der Waals surface area (Å²) >= 11 is 0. The third-order valence-corrected chi connectivity index (χ3v) is 2.55. The van der Waals surface area contributed by atoms with Crippen LogP contribution in [0.25, 0.3) is 0 Å². The zero-order chi connectivity index (χ0) is 15.2. The van der Waals surface area contributed by atoms with Gasteiger partial charge in [-0.3, -0.25) is 0 Å². The normalized spacial score (nSPS) is 11.9. The van der Waals surface area contributed by atoms with E-state index in [0.717, 1.165) is 10.5 Å². The standard InChI is InChI=1S/C13H21F3N4/c1-4-5-20(9-13(14,15)16)12-18-7-11(8-19-12)6-17-10(2)3/h7-8,10,17H,4-6,9H2,1-3H3. The van der Waals surface area contributed by atoms with Crippen molar-refractivity contribution in [2.75, 3.05) is 18.0 Å². The lowest BCUT2D eigenvalue weighted by Gasteiger charge is -2.23. The van der Waals surface area contributed by atoms with Crippen molar-refractivity contribution in [3.05, 3.63) is 18.0 Å². The van der Waals surface area contributed by atoms with Gasteiger partial charge in [0, 0.05) is 37.1 Å². The molecule has 1 N–H and O–H groups in total. The van der Waals surface area contributed by atoms with Crippen LogP contribution in [0.1, 0.15) is 32.8 Å². The molecule has 0 radical (unpaired) electrons. The molecule has 114 valence electrons. The second-order valence-corrected chi connectivity index (χ2v) is 4.96. The minimum absolute atomic E-state index is 0.123. The lowest BCUT2D eigenvalue weighted by atomic mass is 10.3. The van der Waals surface area contributed by atoms with Gasteiger partial charge >= 0.3 is 6.18 Å². The van der Waals surface area contributed by atoms with Crippen molar-refractivity contribution in [1.29, 1.82) is 0 Å². The highest BCUT2D eigenvalue weighted by atomic mass is 19.4. The molecule has 0 unspecified atom stereocenters. The summed E-state index contributed by atoms with van der Waals surface area (Å²) < 4.78 is 37.5. The summed E-state index contributed by atoms with van der Waals surface area (Å²) in [5.74, 6) is 0.123. The Kier molecular flexibility index (Phi) is 6.19. The fourth-order valence-electron chi connectivity index (χ4n) is 1.66. The second-order valence-electron chi connectivity index (χ2n) is 4.96. The van der Waals surface area contributed by atoms with Gasteiger partial charge in [-0.25, -0.2) is 9.97 Å². The summed E-state index contributed by atoms with van der Waals surface area (Å²) in [6.45, 7) is 5.71. The van der Waals surface area contributed by atoms with Gasteiger partial charge in [-0.2, -0.15) is 13.2 Å². The number of nitrogens with one attached hydrogen (secondary N) is 1. The highest BCUT2D eigenvalue weighted by Gasteiger charge is 2.31. The molecule has 0 bridgehead atoms. The van der Waals surface area contributed by atoms with Crippen molar-refractivity contribution in [1.82, 2.24) is 15.3 Å². The van der Waals surface area contributed by atoms with E-state index < -0.39 is 12.7 Å². The summed E-state index contributed by atoms with van der Waals surface area (Å²) in [6.07, 6.45) is -0.514. The van der Waals surface area contributed by atoms with Crippen LogP contribution in [0.5, 0.6) is 0 Å². The molecule has 7 heteroatoms. The van der Waals surface area contributed by atoms with E-state index in [4.69, 9.17) is 0 Å². The largest absolute Gasteiger partial charge is 0.406 e. The fraction of sp³-hybridized carbons (Fsp3) is 0.692. The maximum Gasteiger partial charge on any atom is 0.406 e. The van der Waals surface area contributed by atoms with Crippen LogP contribution >= 0.6 is 0 Å². The van der Waals surface area contributed by atoms with E-state index in [2.05, 4.69) is 15.3 Å². The smallest absolute Gasteiger partial charge is 0.332 e. The van der Waals surface area contributed by atoms with Gasteiger partial charge < -0.3 is 10.2 Å². The van der Waals surface area contributed by atoms with E-state index in [1.165, 1.54) is 0 Å². The molecule has 0 spiro atoms. The summed E-state index contributed by atoms with van der Waals surface area (Å²) in [5.41, 5.74) is 0.853. The quantitative estimate of drug-likeness (QED) is 0.838. The highest BCUT2D eigenvalue weighted by Crippen LogP contribution is 2.19. The molecular weight excluding hydrogens is 269 g/mol. The van der Waals surface area contributed by atoms with E-state index in [9.17, 15) is 13.2 Å². The molecule has 0 fully saturated rings. The Bertz CT molecular complexity index is 390. The fourth-order valence-corrected chi connectivity index (χ4v) is 1.66. The maximum absolute atomic E-state index is 12.5.